The van der Waals surface area contributed by atoms with E-state index in [1.54, 1.807) is 18.2 Å². The van der Waals surface area contributed by atoms with Gasteiger partial charge in [0.05, 0.1) is 16.7 Å². The van der Waals surface area contributed by atoms with Crippen molar-refractivity contribution in [2.24, 2.45) is 0 Å². The molecule has 0 aliphatic carbocycles. The van der Waals surface area contributed by atoms with Crippen LogP contribution in [0.3, 0.4) is 0 Å². The number of aromatic amines is 1. The second kappa shape index (κ2) is 6.70. The van der Waals surface area contributed by atoms with Crippen LogP contribution in [0.1, 0.15) is 24.8 Å². The third-order valence-corrected chi connectivity index (χ3v) is 6.08. The van der Waals surface area contributed by atoms with Gasteiger partial charge in [-0.3, -0.25) is 4.72 Å². The Kier molecular flexibility index (Phi) is 4.52. The van der Waals surface area contributed by atoms with E-state index in [2.05, 4.69) is 19.7 Å². The highest BCUT2D eigenvalue weighted by Crippen LogP contribution is 2.29. The van der Waals surface area contributed by atoms with Crippen molar-refractivity contribution in [3.63, 3.8) is 0 Å². The van der Waals surface area contributed by atoms with Crippen LogP contribution in [0.15, 0.2) is 35.2 Å². The van der Waals surface area contributed by atoms with Gasteiger partial charge in [0.25, 0.3) is 10.0 Å². The molecule has 1 unspecified atom stereocenters. The summed E-state index contributed by atoms with van der Waals surface area (Å²) in [6.07, 6.45) is 1.88. The molecule has 2 N–H and O–H groups in total. The maximum absolute atomic E-state index is 12.6. The summed E-state index contributed by atoms with van der Waals surface area (Å²) in [4.78, 5) is 11.3. The molecule has 0 amide bonds. The topological polar surface area (TPSA) is 97.0 Å². The van der Waals surface area contributed by atoms with Gasteiger partial charge in [0, 0.05) is 6.61 Å². The number of aromatic nitrogens is 3. The summed E-state index contributed by atoms with van der Waals surface area (Å²) in [5.41, 5.74) is 1.84. The number of imidazole rings is 1. The maximum Gasteiger partial charge on any atom is 0.264 e. The van der Waals surface area contributed by atoms with Crippen LogP contribution in [-0.4, -0.2) is 30.0 Å². The summed E-state index contributed by atoms with van der Waals surface area (Å²) in [5.74, 6) is 0.752. The normalized spacial score (nSPS) is 17.7. The van der Waals surface area contributed by atoms with Crippen LogP contribution in [0.4, 0.5) is 5.69 Å². The fraction of sp³-hybridized carbons (Fsp3) is 0.250. The summed E-state index contributed by atoms with van der Waals surface area (Å²) in [6, 6.07) is 7.73. The number of hydrogen-bond donors (Lipinski definition) is 2. The highest BCUT2D eigenvalue weighted by Gasteiger charge is 2.22. The van der Waals surface area contributed by atoms with Crippen LogP contribution in [0.25, 0.3) is 11.0 Å². The Morgan fingerprint density at radius 1 is 1.19 bits per heavy atom. The van der Waals surface area contributed by atoms with Gasteiger partial charge in [0.15, 0.2) is 5.15 Å². The first-order valence-corrected chi connectivity index (χ1v) is 10.1. The lowest BCUT2D eigenvalue weighted by atomic mass is 10.2. The Hall–Kier alpha value is -1.87. The van der Waals surface area contributed by atoms with Gasteiger partial charge in [-0.1, -0.05) is 23.2 Å². The van der Waals surface area contributed by atoms with Crippen molar-refractivity contribution in [2.75, 3.05) is 11.3 Å². The Morgan fingerprint density at radius 3 is 2.77 bits per heavy atom. The van der Waals surface area contributed by atoms with Gasteiger partial charge in [-0.2, -0.15) is 0 Å². The lowest BCUT2D eigenvalue weighted by Crippen LogP contribution is -2.13. The minimum Gasteiger partial charge on any atom is -0.370 e. The van der Waals surface area contributed by atoms with E-state index in [0.29, 0.717) is 5.69 Å². The van der Waals surface area contributed by atoms with Gasteiger partial charge < -0.3 is 9.72 Å². The summed E-state index contributed by atoms with van der Waals surface area (Å²) in [7, 11) is -3.90. The second-order valence-electron chi connectivity index (χ2n) is 5.88. The number of pyridine rings is 1. The molecule has 136 valence electrons. The van der Waals surface area contributed by atoms with Crippen molar-refractivity contribution in [1.29, 1.82) is 0 Å². The van der Waals surface area contributed by atoms with E-state index in [-0.39, 0.29) is 21.3 Å². The van der Waals surface area contributed by atoms with Crippen molar-refractivity contribution in [3.8, 4) is 0 Å². The highest BCUT2D eigenvalue weighted by molar-refractivity contribution is 7.92. The van der Waals surface area contributed by atoms with E-state index in [1.807, 2.05) is 0 Å². The molecule has 1 atom stereocenters. The molecule has 1 aliphatic heterocycles. The Bertz CT molecular complexity index is 1080. The first kappa shape index (κ1) is 17.5. The van der Waals surface area contributed by atoms with Crippen LogP contribution in [0.5, 0.6) is 0 Å². The molecule has 0 bridgehead atoms. The maximum atomic E-state index is 12.6. The summed E-state index contributed by atoms with van der Waals surface area (Å²) < 4.78 is 33.2. The molecule has 0 spiro atoms. The number of nitrogens with one attached hydrogen (secondary N) is 2. The molecule has 10 heteroatoms. The van der Waals surface area contributed by atoms with Crippen LogP contribution >= 0.6 is 23.2 Å². The van der Waals surface area contributed by atoms with Crippen molar-refractivity contribution in [3.05, 3.63) is 46.5 Å². The van der Waals surface area contributed by atoms with Crippen molar-refractivity contribution in [1.82, 2.24) is 15.0 Å². The molecule has 0 saturated carbocycles. The molecule has 3 aromatic rings. The summed E-state index contributed by atoms with van der Waals surface area (Å²) in [5, 5.41) is -0.0669. The standard InChI is InChI=1S/C16H14Cl2N4O3S/c17-14-6-5-13(15(18)21-14)26(23,24)22-9-3-4-10-11(8-9)20-16(19-10)12-2-1-7-25-12/h3-6,8,12,22H,1-2,7H2,(H,19,20). The third kappa shape index (κ3) is 3.37. The van der Waals surface area contributed by atoms with Crippen molar-refractivity contribution >= 4 is 49.9 Å². The van der Waals surface area contributed by atoms with E-state index in [0.717, 1.165) is 36.3 Å². The molecule has 7 nitrogen and oxygen atoms in total. The molecule has 1 aliphatic rings. The zero-order valence-electron chi connectivity index (χ0n) is 13.4. The largest absolute Gasteiger partial charge is 0.370 e. The molecular weight excluding hydrogens is 399 g/mol. The fourth-order valence-electron chi connectivity index (χ4n) is 2.85. The molecule has 1 fully saturated rings. The molecule has 0 radical (unpaired) electrons. The van der Waals surface area contributed by atoms with Gasteiger partial charge in [-0.15, -0.1) is 0 Å². The SMILES string of the molecule is O=S(=O)(Nc1ccc2nc(C3CCCO3)[nH]c2c1)c1ccc(Cl)nc1Cl. The number of anilines is 1. The number of H-pyrrole nitrogens is 1. The van der Waals surface area contributed by atoms with E-state index in [4.69, 9.17) is 27.9 Å². The molecular formula is C16H14Cl2N4O3S. The molecule has 26 heavy (non-hydrogen) atoms. The monoisotopic (exact) mass is 412 g/mol. The molecule has 4 rings (SSSR count). The van der Waals surface area contributed by atoms with E-state index in [9.17, 15) is 8.42 Å². The lowest BCUT2D eigenvalue weighted by Gasteiger charge is -2.09. The predicted octanol–water partition coefficient (Wildman–Crippen LogP) is 3.92. The van der Waals surface area contributed by atoms with Crippen LogP contribution in [0, 0.1) is 0 Å². The highest BCUT2D eigenvalue weighted by atomic mass is 35.5. The first-order chi connectivity index (χ1) is 12.4. The number of benzene rings is 1. The van der Waals surface area contributed by atoms with Crippen molar-refractivity contribution < 1.29 is 13.2 Å². The van der Waals surface area contributed by atoms with Gasteiger partial charge in [-0.05, 0) is 43.2 Å². The van der Waals surface area contributed by atoms with Crippen LogP contribution in [0.2, 0.25) is 10.3 Å². The minimum absolute atomic E-state index is 0.0403. The smallest absolute Gasteiger partial charge is 0.264 e. The van der Waals surface area contributed by atoms with E-state index >= 15 is 0 Å². The Balaban J connectivity index is 1.64. The Morgan fingerprint density at radius 2 is 2.04 bits per heavy atom. The fourth-order valence-corrected chi connectivity index (χ4v) is 4.56. The second-order valence-corrected chi connectivity index (χ2v) is 8.28. The minimum atomic E-state index is -3.90. The van der Waals surface area contributed by atoms with Crippen LogP contribution < -0.4 is 4.72 Å². The van der Waals surface area contributed by atoms with E-state index < -0.39 is 10.0 Å². The molecule has 1 aromatic carbocycles. The number of ether oxygens (including phenoxy) is 1. The molecule has 3 heterocycles. The zero-order valence-corrected chi connectivity index (χ0v) is 15.7. The van der Waals surface area contributed by atoms with E-state index in [1.165, 1.54) is 12.1 Å². The van der Waals surface area contributed by atoms with Gasteiger partial charge >= 0.3 is 0 Å². The lowest BCUT2D eigenvalue weighted by molar-refractivity contribution is 0.106. The third-order valence-electron chi connectivity index (χ3n) is 4.06. The quantitative estimate of drug-likeness (QED) is 0.632. The number of nitrogens with zero attached hydrogens (tertiary/aromatic N) is 2. The molecule has 2 aromatic heterocycles. The first-order valence-electron chi connectivity index (χ1n) is 7.88. The number of halogens is 2. The number of sulfonamides is 1. The number of rotatable bonds is 4. The number of fused-ring (bicyclic) bond motifs is 1. The average molecular weight is 413 g/mol. The average Bonchev–Trinajstić information content (AvgIpc) is 3.22. The van der Waals surface area contributed by atoms with Crippen LogP contribution in [-0.2, 0) is 14.8 Å². The molecule has 1 saturated heterocycles. The predicted molar refractivity (Wildman–Crippen MR) is 99.1 cm³/mol. The van der Waals surface area contributed by atoms with Gasteiger partial charge in [-0.25, -0.2) is 18.4 Å². The number of hydrogen-bond acceptors (Lipinski definition) is 5. The van der Waals surface area contributed by atoms with Gasteiger partial charge in [0.2, 0.25) is 0 Å². The summed E-state index contributed by atoms with van der Waals surface area (Å²) in [6.45, 7) is 0.725. The summed E-state index contributed by atoms with van der Waals surface area (Å²) >= 11 is 11.6. The zero-order chi connectivity index (χ0) is 18.3. The van der Waals surface area contributed by atoms with Gasteiger partial charge in [0.1, 0.15) is 22.0 Å². The van der Waals surface area contributed by atoms with Crippen molar-refractivity contribution in [2.45, 2.75) is 23.8 Å². The Labute approximate surface area is 159 Å².